The second-order valence-electron chi connectivity index (χ2n) is 3.20. The van der Waals surface area contributed by atoms with E-state index in [9.17, 15) is 0 Å². The zero-order valence-electron chi connectivity index (χ0n) is 8.45. The van der Waals surface area contributed by atoms with E-state index in [1.807, 2.05) is 6.07 Å². The van der Waals surface area contributed by atoms with Crippen LogP contribution in [0.1, 0.15) is 25.7 Å². The fourth-order valence-corrected chi connectivity index (χ4v) is 1.21. The van der Waals surface area contributed by atoms with Crippen molar-refractivity contribution in [2.24, 2.45) is 5.73 Å². The molecule has 0 aliphatic heterocycles. The minimum absolute atomic E-state index is 0.714. The Labute approximate surface area is 85.0 Å². The van der Waals surface area contributed by atoms with E-state index in [1.165, 1.54) is 12.8 Å². The average Bonchev–Trinajstić information content (AvgIpc) is 2.25. The zero-order chi connectivity index (χ0) is 10.1. The van der Waals surface area contributed by atoms with Crippen LogP contribution in [0.2, 0.25) is 0 Å². The van der Waals surface area contributed by atoms with Crippen molar-refractivity contribution < 1.29 is 0 Å². The highest BCUT2D eigenvalue weighted by Crippen LogP contribution is 2.00. The number of nitrogens with zero attached hydrogens (tertiary/aromatic N) is 2. The summed E-state index contributed by atoms with van der Waals surface area (Å²) in [6.07, 6.45) is 8.19. The number of hydrogen-bond acceptors (Lipinski definition) is 4. The SMILES string of the molecule is NCCCCCCNc1ncccn1. The standard InChI is InChI=1S/C10H18N4/c11-6-3-1-2-4-7-12-10-13-8-5-9-14-10/h5,8-9H,1-4,6-7,11H2,(H,12,13,14). The first kappa shape index (κ1) is 10.9. The second kappa shape index (κ2) is 7.26. The van der Waals surface area contributed by atoms with Gasteiger partial charge in [0.2, 0.25) is 5.95 Å². The quantitative estimate of drug-likeness (QED) is 0.644. The Balaban J connectivity index is 1.99. The number of rotatable bonds is 7. The maximum atomic E-state index is 5.40. The van der Waals surface area contributed by atoms with Gasteiger partial charge in [0.25, 0.3) is 0 Å². The van der Waals surface area contributed by atoms with Gasteiger partial charge in [0, 0.05) is 18.9 Å². The van der Waals surface area contributed by atoms with Gasteiger partial charge >= 0.3 is 0 Å². The largest absolute Gasteiger partial charge is 0.354 e. The Morgan fingerprint density at radius 2 is 1.79 bits per heavy atom. The van der Waals surface area contributed by atoms with Gasteiger partial charge in [-0.05, 0) is 25.5 Å². The molecule has 1 aromatic rings. The van der Waals surface area contributed by atoms with E-state index in [0.29, 0.717) is 5.95 Å². The van der Waals surface area contributed by atoms with Crippen LogP contribution < -0.4 is 11.1 Å². The summed E-state index contributed by atoms with van der Waals surface area (Å²) >= 11 is 0. The Morgan fingerprint density at radius 1 is 1.07 bits per heavy atom. The summed E-state index contributed by atoms with van der Waals surface area (Å²) in [7, 11) is 0. The lowest BCUT2D eigenvalue weighted by molar-refractivity contribution is 0.660. The third kappa shape index (κ3) is 4.77. The Kier molecular flexibility index (Phi) is 5.66. The van der Waals surface area contributed by atoms with Crippen LogP contribution in [0.4, 0.5) is 5.95 Å². The Hall–Kier alpha value is -1.16. The van der Waals surface area contributed by atoms with Gasteiger partial charge in [-0.15, -0.1) is 0 Å². The predicted octanol–water partition coefficient (Wildman–Crippen LogP) is 1.41. The summed E-state index contributed by atoms with van der Waals surface area (Å²) in [6.45, 7) is 1.74. The van der Waals surface area contributed by atoms with Crippen LogP contribution in [-0.4, -0.2) is 23.1 Å². The Morgan fingerprint density at radius 3 is 2.50 bits per heavy atom. The molecule has 0 aliphatic carbocycles. The van der Waals surface area contributed by atoms with E-state index >= 15 is 0 Å². The Bertz CT molecular complexity index is 225. The van der Waals surface area contributed by atoms with E-state index in [-0.39, 0.29) is 0 Å². The molecule has 0 bridgehead atoms. The minimum Gasteiger partial charge on any atom is -0.354 e. The third-order valence-electron chi connectivity index (χ3n) is 1.98. The molecule has 0 unspecified atom stereocenters. The maximum Gasteiger partial charge on any atom is 0.222 e. The molecule has 0 spiro atoms. The molecule has 0 saturated heterocycles. The van der Waals surface area contributed by atoms with Crippen molar-refractivity contribution in [3.8, 4) is 0 Å². The van der Waals surface area contributed by atoms with E-state index in [0.717, 1.165) is 25.9 Å². The van der Waals surface area contributed by atoms with E-state index in [2.05, 4.69) is 15.3 Å². The lowest BCUT2D eigenvalue weighted by Crippen LogP contribution is -2.05. The number of hydrogen-bond donors (Lipinski definition) is 2. The van der Waals surface area contributed by atoms with Crippen LogP contribution in [0.15, 0.2) is 18.5 Å². The molecular formula is C10H18N4. The molecule has 3 N–H and O–H groups in total. The monoisotopic (exact) mass is 194 g/mol. The molecule has 0 aliphatic rings. The molecule has 0 saturated carbocycles. The van der Waals surface area contributed by atoms with Gasteiger partial charge in [-0.3, -0.25) is 0 Å². The van der Waals surface area contributed by atoms with Crippen molar-refractivity contribution in [2.75, 3.05) is 18.4 Å². The number of aromatic nitrogens is 2. The molecule has 0 amide bonds. The molecule has 1 heterocycles. The van der Waals surface area contributed by atoms with Gasteiger partial charge in [0.15, 0.2) is 0 Å². The highest BCUT2D eigenvalue weighted by atomic mass is 15.1. The van der Waals surface area contributed by atoms with Crippen LogP contribution in [0.5, 0.6) is 0 Å². The van der Waals surface area contributed by atoms with Crippen LogP contribution >= 0.6 is 0 Å². The fourth-order valence-electron chi connectivity index (χ4n) is 1.21. The van der Waals surface area contributed by atoms with Gasteiger partial charge in [-0.2, -0.15) is 0 Å². The molecule has 1 rings (SSSR count). The lowest BCUT2D eigenvalue weighted by atomic mass is 10.2. The highest BCUT2D eigenvalue weighted by molar-refractivity contribution is 5.21. The van der Waals surface area contributed by atoms with Gasteiger partial charge in [0.05, 0.1) is 0 Å². The molecule has 14 heavy (non-hydrogen) atoms. The van der Waals surface area contributed by atoms with Crippen LogP contribution in [-0.2, 0) is 0 Å². The molecule has 0 aromatic carbocycles. The van der Waals surface area contributed by atoms with E-state index in [4.69, 9.17) is 5.73 Å². The molecule has 78 valence electrons. The molecule has 0 atom stereocenters. The van der Waals surface area contributed by atoms with Gasteiger partial charge in [0.1, 0.15) is 0 Å². The summed E-state index contributed by atoms with van der Waals surface area (Å²) < 4.78 is 0. The number of nitrogens with two attached hydrogens (primary N) is 1. The van der Waals surface area contributed by atoms with Crippen molar-refractivity contribution in [2.45, 2.75) is 25.7 Å². The molecular weight excluding hydrogens is 176 g/mol. The molecule has 4 nitrogen and oxygen atoms in total. The number of nitrogens with one attached hydrogen (secondary N) is 1. The topological polar surface area (TPSA) is 63.8 Å². The van der Waals surface area contributed by atoms with Crippen LogP contribution in [0.25, 0.3) is 0 Å². The smallest absolute Gasteiger partial charge is 0.222 e. The first-order valence-electron chi connectivity index (χ1n) is 5.14. The number of anilines is 1. The van der Waals surface area contributed by atoms with Crippen molar-refractivity contribution >= 4 is 5.95 Å². The fraction of sp³-hybridized carbons (Fsp3) is 0.600. The molecule has 0 radical (unpaired) electrons. The predicted molar refractivity (Wildman–Crippen MR) is 58.0 cm³/mol. The summed E-state index contributed by atoms with van der Waals surface area (Å²) in [5.41, 5.74) is 5.40. The molecule has 0 fully saturated rings. The highest BCUT2D eigenvalue weighted by Gasteiger charge is 1.92. The third-order valence-corrected chi connectivity index (χ3v) is 1.98. The maximum absolute atomic E-state index is 5.40. The zero-order valence-corrected chi connectivity index (χ0v) is 8.45. The van der Waals surface area contributed by atoms with Crippen molar-refractivity contribution in [1.29, 1.82) is 0 Å². The molecule has 1 aromatic heterocycles. The van der Waals surface area contributed by atoms with Gasteiger partial charge in [-0.1, -0.05) is 12.8 Å². The lowest BCUT2D eigenvalue weighted by Gasteiger charge is -2.03. The summed E-state index contributed by atoms with van der Waals surface area (Å²) in [5.74, 6) is 0.714. The first-order valence-corrected chi connectivity index (χ1v) is 5.14. The second-order valence-corrected chi connectivity index (χ2v) is 3.20. The van der Waals surface area contributed by atoms with Crippen molar-refractivity contribution in [1.82, 2.24) is 9.97 Å². The molecule has 4 heteroatoms. The van der Waals surface area contributed by atoms with E-state index < -0.39 is 0 Å². The summed E-state index contributed by atoms with van der Waals surface area (Å²) in [6, 6.07) is 1.81. The van der Waals surface area contributed by atoms with Crippen LogP contribution in [0, 0.1) is 0 Å². The average molecular weight is 194 g/mol. The normalized spacial score (nSPS) is 10.1. The summed E-state index contributed by atoms with van der Waals surface area (Å²) in [4.78, 5) is 8.14. The van der Waals surface area contributed by atoms with Crippen molar-refractivity contribution in [3.05, 3.63) is 18.5 Å². The van der Waals surface area contributed by atoms with Gasteiger partial charge < -0.3 is 11.1 Å². The minimum atomic E-state index is 0.714. The van der Waals surface area contributed by atoms with Crippen molar-refractivity contribution in [3.63, 3.8) is 0 Å². The summed E-state index contributed by atoms with van der Waals surface area (Å²) in [5, 5.41) is 3.17. The van der Waals surface area contributed by atoms with Crippen LogP contribution in [0.3, 0.4) is 0 Å². The van der Waals surface area contributed by atoms with Gasteiger partial charge in [-0.25, -0.2) is 9.97 Å². The van der Waals surface area contributed by atoms with E-state index in [1.54, 1.807) is 12.4 Å². The first-order chi connectivity index (χ1) is 6.93. The number of unbranched alkanes of at least 4 members (excludes halogenated alkanes) is 3.